The molecule has 0 spiro atoms. The van der Waals surface area contributed by atoms with Gasteiger partial charge in [-0.1, -0.05) is 41.9 Å². The van der Waals surface area contributed by atoms with Gasteiger partial charge in [-0.3, -0.25) is 4.72 Å². The second kappa shape index (κ2) is 6.37. The summed E-state index contributed by atoms with van der Waals surface area (Å²) >= 11 is 6.04. The van der Waals surface area contributed by atoms with Gasteiger partial charge in [0.1, 0.15) is 5.75 Å². The SMILES string of the molecule is COc1cc(C)c(Cl)cc1NS(=O)(=O)Cc1ccccc1. The summed E-state index contributed by atoms with van der Waals surface area (Å²) in [7, 11) is -2.05. The monoisotopic (exact) mass is 325 g/mol. The number of hydrogen-bond acceptors (Lipinski definition) is 3. The van der Waals surface area contributed by atoms with Crippen LogP contribution in [0.25, 0.3) is 0 Å². The fourth-order valence-corrected chi connectivity index (χ4v) is 3.26. The van der Waals surface area contributed by atoms with E-state index in [1.807, 2.05) is 13.0 Å². The van der Waals surface area contributed by atoms with Gasteiger partial charge in [0.25, 0.3) is 0 Å². The van der Waals surface area contributed by atoms with E-state index >= 15 is 0 Å². The van der Waals surface area contributed by atoms with Crippen LogP contribution in [0.1, 0.15) is 11.1 Å². The lowest BCUT2D eigenvalue weighted by Gasteiger charge is -2.13. The molecule has 2 aromatic carbocycles. The lowest BCUT2D eigenvalue weighted by molar-refractivity contribution is 0.416. The molecule has 4 nitrogen and oxygen atoms in total. The van der Waals surface area contributed by atoms with Crippen LogP contribution < -0.4 is 9.46 Å². The summed E-state index contributed by atoms with van der Waals surface area (Å²) in [6.45, 7) is 1.83. The van der Waals surface area contributed by atoms with Crippen molar-refractivity contribution >= 4 is 27.3 Å². The van der Waals surface area contributed by atoms with E-state index in [1.165, 1.54) is 7.11 Å². The first-order valence-electron chi connectivity index (χ1n) is 6.30. The average molecular weight is 326 g/mol. The highest BCUT2D eigenvalue weighted by molar-refractivity contribution is 7.91. The average Bonchev–Trinajstić information content (AvgIpc) is 2.42. The van der Waals surface area contributed by atoms with Crippen LogP contribution in [0.4, 0.5) is 5.69 Å². The number of anilines is 1. The molecule has 2 aromatic rings. The second-order valence-electron chi connectivity index (χ2n) is 4.65. The molecule has 0 radical (unpaired) electrons. The molecular formula is C15H16ClNO3S. The zero-order chi connectivity index (χ0) is 15.5. The molecule has 0 atom stereocenters. The second-order valence-corrected chi connectivity index (χ2v) is 6.78. The molecule has 2 rings (SSSR count). The van der Waals surface area contributed by atoms with Gasteiger partial charge in [0, 0.05) is 5.02 Å². The Hall–Kier alpha value is -1.72. The van der Waals surface area contributed by atoms with Gasteiger partial charge in [-0.15, -0.1) is 0 Å². The van der Waals surface area contributed by atoms with E-state index in [9.17, 15) is 8.42 Å². The van der Waals surface area contributed by atoms with E-state index in [4.69, 9.17) is 16.3 Å². The van der Waals surface area contributed by atoms with Crippen molar-refractivity contribution in [2.75, 3.05) is 11.8 Å². The molecule has 0 saturated heterocycles. The minimum Gasteiger partial charge on any atom is -0.495 e. The number of benzene rings is 2. The maximum Gasteiger partial charge on any atom is 0.237 e. The molecule has 0 aliphatic heterocycles. The van der Waals surface area contributed by atoms with E-state index in [0.717, 1.165) is 5.56 Å². The van der Waals surface area contributed by atoms with Crippen LogP contribution in [0.15, 0.2) is 42.5 Å². The summed E-state index contributed by atoms with van der Waals surface area (Å²) in [5, 5.41) is 0.480. The van der Waals surface area contributed by atoms with Gasteiger partial charge in [-0.2, -0.15) is 0 Å². The molecule has 0 unspecified atom stereocenters. The number of ether oxygens (including phenoxy) is 1. The maximum atomic E-state index is 12.2. The van der Waals surface area contributed by atoms with Crippen molar-refractivity contribution in [3.63, 3.8) is 0 Å². The van der Waals surface area contributed by atoms with Crippen LogP contribution in [-0.4, -0.2) is 15.5 Å². The van der Waals surface area contributed by atoms with Crippen LogP contribution in [0.5, 0.6) is 5.75 Å². The highest BCUT2D eigenvalue weighted by Gasteiger charge is 2.15. The predicted octanol–water partition coefficient (Wildman–Crippen LogP) is 3.60. The normalized spacial score (nSPS) is 11.2. The molecule has 21 heavy (non-hydrogen) atoms. The molecule has 0 saturated carbocycles. The van der Waals surface area contributed by atoms with Crippen molar-refractivity contribution < 1.29 is 13.2 Å². The molecule has 0 fully saturated rings. The minimum absolute atomic E-state index is 0.109. The summed E-state index contributed by atoms with van der Waals surface area (Å²) in [4.78, 5) is 0. The van der Waals surface area contributed by atoms with Gasteiger partial charge < -0.3 is 4.74 Å². The number of halogens is 1. The molecule has 0 aliphatic rings. The largest absolute Gasteiger partial charge is 0.495 e. The van der Waals surface area contributed by atoms with Gasteiger partial charge in [0.2, 0.25) is 10.0 Å². The molecule has 0 bridgehead atoms. The fraction of sp³-hybridized carbons (Fsp3) is 0.200. The smallest absolute Gasteiger partial charge is 0.237 e. The van der Waals surface area contributed by atoms with Gasteiger partial charge in [0.05, 0.1) is 18.6 Å². The van der Waals surface area contributed by atoms with Crippen LogP contribution in [-0.2, 0) is 15.8 Å². The third-order valence-corrected chi connectivity index (χ3v) is 4.60. The first kappa shape index (κ1) is 15.7. The molecule has 0 aliphatic carbocycles. The zero-order valence-corrected chi connectivity index (χ0v) is 13.3. The minimum atomic E-state index is -3.54. The molecule has 0 amide bonds. The van der Waals surface area contributed by atoms with E-state index in [2.05, 4.69) is 4.72 Å². The number of rotatable bonds is 5. The van der Waals surface area contributed by atoms with Crippen LogP contribution in [0.2, 0.25) is 5.02 Å². The molecule has 6 heteroatoms. The first-order chi connectivity index (χ1) is 9.91. The lowest BCUT2D eigenvalue weighted by atomic mass is 10.2. The molecule has 112 valence electrons. The Bertz CT molecular complexity index is 730. The molecule has 1 N–H and O–H groups in total. The highest BCUT2D eigenvalue weighted by Crippen LogP contribution is 2.31. The number of aryl methyl sites for hydroxylation is 1. The Morgan fingerprint density at radius 1 is 1.19 bits per heavy atom. The Kier molecular flexibility index (Phi) is 4.75. The van der Waals surface area contributed by atoms with Gasteiger partial charge in [-0.05, 0) is 30.2 Å². The van der Waals surface area contributed by atoms with Gasteiger partial charge in [-0.25, -0.2) is 8.42 Å². The summed E-state index contributed by atoms with van der Waals surface area (Å²) in [5.41, 5.74) is 1.87. The highest BCUT2D eigenvalue weighted by atomic mass is 35.5. The van der Waals surface area contributed by atoms with E-state index in [-0.39, 0.29) is 5.75 Å². The number of methoxy groups -OCH3 is 1. The molecule has 0 heterocycles. The molecular weight excluding hydrogens is 310 g/mol. The topological polar surface area (TPSA) is 55.4 Å². The van der Waals surface area contributed by atoms with Gasteiger partial charge >= 0.3 is 0 Å². The quantitative estimate of drug-likeness (QED) is 0.913. The van der Waals surface area contributed by atoms with Crippen molar-refractivity contribution in [3.05, 3.63) is 58.6 Å². The van der Waals surface area contributed by atoms with Crippen molar-refractivity contribution in [2.24, 2.45) is 0 Å². The Labute approximate surface area is 129 Å². The lowest BCUT2D eigenvalue weighted by Crippen LogP contribution is -2.15. The number of hydrogen-bond donors (Lipinski definition) is 1. The third-order valence-electron chi connectivity index (χ3n) is 2.95. The third kappa shape index (κ3) is 4.12. The first-order valence-corrected chi connectivity index (χ1v) is 8.33. The van der Waals surface area contributed by atoms with Gasteiger partial charge in [0.15, 0.2) is 0 Å². The number of sulfonamides is 1. The van der Waals surface area contributed by atoms with Crippen molar-refractivity contribution in [1.82, 2.24) is 0 Å². The maximum absolute atomic E-state index is 12.2. The van der Waals surface area contributed by atoms with Crippen LogP contribution in [0, 0.1) is 6.92 Å². The summed E-state index contributed by atoms with van der Waals surface area (Å²) in [6, 6.07) is 12.2. The standard InChI is InChI=1S/C15H16ClNO3S/c1-11-8-15(20-2)14(9-13(11)16)17-21(18,19)10-12-6-4-3-5-7-12/h3-9,17H,10H2,1-2H3. The summed E-state index contributed by atoms with van der Waals surface area (Å²) in [5.74, 6) is 0.330. The summed E-state index contributed by atoms with van der Waals surface area (Å²) in [6.07, 6.45) is 0. The van der Waals surface area contributed by atoms with E-state index < -0.39 is 10.0 Å². The van der Waals surface area contributed by atoms with Crippen molar-refractivity contribution in [3.8, 4) is 5.75 Å². The van der Waals surface area contributed by atoms with E-state index in [0.29, 0.717) is 22.0 Å². The molecule has 0 aromatic heterocycles. The Balaban J connectivity index is 2.26. The zero-order valence-electron chi connectivity index (χ0n) is 11.8. The number of nitrogens with one attached hydrogen (secondary N) is 1. The Morgan fingerprint density at radius 2 is 1.86 bits per heavy atom. The predicted molar refractivity (Wildman–Crippen MR) is 85.4 cm³/mol. The summed E-state index contributed by atoms with van der Waals surface area (Å²) < 4.78 is 32.2. The van der Waals surface area contributed by atoms with Crippen molar-refractivity contribution in [1.29, 1.82) is 0 Å². The van der Waals surface area contributed by atoms with Crippen LogP contribution in [0.3, 0.4) is 0 Å². The Morgan fingerprint density at radius 3 is 2.48 bits per heavy atom. The fourth-order valence-electron chi connectivity index (χ4n) is 1.90. The van der Waals surface area contributed by atoms with Crippen LogP contribution >= 0.6 is 11.6 Å². The van der Waals surface area contributed by atoms with Crippen molar-refractivity contribution in [2.45, 2.75) is 12.7 Å². The van der Waals surface area contributed by atoms with E-state index in [1.54, 1.807) is 36.4 Å².